The molecule has 1 heterocycles. The minimum Gasteiger partial charge on any atom is -0.493 e. The highest BCUT2D eigenvalue weighted by atomic mass is 19.1. The van der Waals surface area contributed by atoms with Crippen LogP contribution in [0.1, 0.15) is 56.3 Å². The van der Waals surface area contributed by atoms with Crippen molar-refractivity contribution in [1.82, 2.24) is 4.90 Å². The van der Waals surface area contributed by atoms with Crippen LogP contribution in [0.3, 0.4) is 0 Å². The van der Waals surface area contributed by atoms with Gasteiger partial charge in [0.15, 0.2) is 11.5 Å². The Bertz CT molecular complexity index is 960. The van der Waals surface area contributed by atoms with Gasteiger partial charge >= 0.3 is 0 Å². The predicted molar refractivity (Wildman–Crippen MR) is 125 cm³/mol. The Morgan fingerprint density at radius 3 is 2.48 bits per heavy atom. The van der Waals surface area contributed by atoms with Gasteiger partial charge in [-0.3, -0.25) is 4.90 Å². The molecule has 0 spiro atoms. The van der Waals surface area contributed by atoms with Gasteiger partial charge in [0.2, 0.25) is 0 Å². The second-order valence-electron chi connectivity index (χ2n) is 8.48. The van der Waals surface area contributed by atoms with Gasteiger partial charge in [-0.1, -0.05) is 35.4 Å². The van der Waals surface area contributed by atoms with Crippen molar-refractivity contribution >= 4 is 0 Å². The van der Waals surface area contributed by atoms with Crippen molar-refractivity contribution < 1.29 is 13.9 Å². The van der Waals surface area contributed by atoms with Crippen LogP contribution >= 0.6 is 0 Å². The lowest BCUT2D eigenvalue weighted by Gasteiger charge is -2.37. The molecule has 0 fully saturated rings. The van der Waals surface area contributed by atoms with E-state index in [0.29, 0.717) is 5.75 Å². The normalized spacial score (nSPS) is 16.6. The largest absolute Gasteiger partial charge is 0.493 e. The fraction of sp³-hybridized carbons (Fsp3) is 0.407. The topological polar surface area (TPSA) is 21.7 Å². The first-order valence-corrected chi connectivity index (χ1v) is 11.0. The summed E-state index contributed by atoms with van der Waals surface area (Å²) in [6.45, 7) is 8.20. The highest BCUT2D eigenvalue weighted by molar-refractivity contribution is 5.51. The van der Waals surface area contributed by atoms with Gasteiger partial charge in [-0.25, -0.2) is 4.39 Å². The number of benzene rings is 2. The minimum atomic E-state index is -0.210. The molecule has 0 aromatic heterocycles. The minimum absolute atomic E-state index is 0.0268. The Labute approximate surface area is 186 Å². The fourth-order valence-electron chi connectivity index (χ4n) is 4.23. The molecule has 1 aliphatic rings. The zero-order chi connectivity index (χ0) is 22.4. The summed E-state index contributed by atoms with van der Waals surface area (Å²) in [6, 6.07) is 11.0. The van der Waals surface area contributed by atoms with Gasteiger partial charge in [-0.2, -0.15) is 0 Å². The molecule has 0 bridgehead atoms. The summed E-state index contributed by atoms with van der Waals surface area (Å²) < 4.78 is 25.2. The number of halogens is 1. The third-order valence-electron chi connectivity index (χ3n) is 5.90. The molecule has 0 radical (unpaired) electrons. The van der Waals surface area contributed by atoms with E-state index in [1.165, 1.54) is 22.8 Å². The second-order valence-corrected chi connectivity index (χ2v) is 8.48. The van der Waals surface area contributed by atoms with Gasteiger partial charge in [-0.05, 0) is 81.0 Å². The Morgan fingerprint density at radius 1 is 1.06 bits per heavy atom. The summed E-state index contributed by atoms with van der Waals surface area (Å²) in [5.41, 5.74) is 6.09. The monoisotopic (exact) mass is 423 g/mol. The van der Waals surface area contributed by atoms with Crippen molar-refractivity contribution in [2.75, 3.05) is 27.3 Å². The van der Waals surface area contributed by atoms with Crippen LogP contribution in [0.5, 0.6) is 11.5 Å². The van der Waals surface area contributed by atoms with E-state index in [2.05, 4.69) is 50.0 Å². The molecule has 31 heavy (non-hydrogen) atoms. The molecule has 3 rings (SSSR count). The van der Waals surface area contributed by atoms with E-state index in [1.54, 1.807) is 26.4 Å². The second kappa shape index (κ2) is 10.6. The Balaban J connectivity index is 1.94. The Kier molecular flexibility index (Phi) is 7.91. The van der Waals surface area contributed by atoms with Gasteiger partial charge in [0.25, 0.3) is 0 Å². The molecule has 3 nitrogen and oxygen atoms in total. The molecular weight excluding hydrogens is 389 g/mol. The zero-order valence-electron chi connectivity index (χ0n) is 19.4. The average molecular weight is 424 g/mol. The molecule has 0 amide bonds. The number of rotatable bonds is 8. The Morgan fingerprint density at radius 2 is 1.81 bits per heavy atom. The molecule has 1 aliphatic heterocycles. The SMILES string of the molecule is COc1cc2c(cc1OC)C(c1cccc(F)c1)N(CC=C(C)CCC=C(C)C)CC2. The Hall–Kier alpha value is -2.59. The first-order chi connectivity index (χ1) is 14.9. The number of hydrogen-bond acceptors (Lipinski definition) is 3. The molecule has 2 aromatic carbocycles. The van der Waals surface area contributed by atoms with E-state index in [0.717, 1.165) is 49.2 Å². The quantitative estimate of drug-likeness (QED) is 0.453. The summed E-state index contributed by atoms with van der Waals surface area (Å²) in [4.78, 5) is 2.42. The van der Waals surface area contributed by atoms with E-state index in [1.807, 2.05) is 6.07 Å². The number of hydrogen-bond donors (Lipinski definition) is 0. The number of ether oxygens (including phenoxy) is 2. The first kappa shape index (κ1) is 23.1. The van der Waals surface area contributed by atoms with Gasteiger partial charge in [0.05, 0.1) is 20.3 Å². The predicted octanol–water partition coefficient (Wildman–Crippen LogP) is 6.48. The lowest BCUT2D eigenvalue weighted by molar-refractivity contribution is 0.234. The molecule has 4 heteroatoms. The lowest BCUT2D eigenvalue weighted by Crippen LogP contribution is -2.36. The third-order valence-corrected chi connectivity index (χ3v) is 5.90. The van der Waals surface area contributed by atoms with Crippen molar-refractivity contribution in [3.8, 4) is 11.5 Å². The van der Waals surface area contributed by atoms with E-state index >= 15 is 0 Å². The van der Waals surface area contributed by atoms with E-state index in [-0.39, 0.29) is 11.9 Å². The van der Waals surface area contributed by atoms with E-state index in [4.69, 9.17) is 9.47 Å². The summed E-state index contributed by atoms with van der Waals surface area (Å²) in [5, 5.41) is 0. The number of methoxy groups -OCH3 is 2. The average Bonchev–Trinajstić information content (AvgIpc) is 2.75. The van der Waals surface area contributed by atoms with Crippen LogP contribution in [0.25, 0.3) is 0 Å². The standard InChI is InChI=1S/C27H34FNO2/c1-19(2)8-6-9-20(3)12-14-29-15-13-21-17-25(30-4)26(31-5)18-24(21)27(29)22-10-7-11-23(28)16-22/h7-8,10-12,16-18,27H,6,9,13-15H2,1-5H3. The number of nitrogens with zero attached hydrogens (tertiary/aromatic N) is 1. The van der Waals surface area contributed by atoms with Crippen molar-refractivity contribution in [3.63, 3.8) is 0 Å². The smallest absolute Gasteiger partial charge is 0.161 e. The van der Waals surface area contributed by atoms with Crippen LogP contribution in [-0.4, -0.2) is 32.2 Å². The molecular formula is C27H34FNO2. The van der Waals surface area contributed by atoms with Crippen LogP contribution in [0.2, 0.25) is 0 Å². The highest BCUT2D eigenvalue weighted by Crippen LogP contribution is 2.41. The van der Waals surface area contributed by atoms with Crippen molar-refractivity contribution in [3.05, 3.63) is 82.2 Å². The molecule has 0 N–H and O–H groups in total. The maximum atomic E-state index is 14.1. The van der Waals surface area contributed by atoms with Gasteiger partial charge in [-0.15, -0.1) is 0 Å². The van der Waals surface area contributed by atoms with Crippen LogP contribution in [-0.2, 0) is 6.42 Å². The molecule has 2 aromatic rings. The van der Waals surface area contributed by atoms with Crippen LogP contribution < -0.4 is 9.47 Å². The van der Waals surface area contributed by atoms with Crippen LogP contribution in [0.15, 0.2) is 59.7 Å². The maximum Gasteiger partial charge on any atom is 0.161 e. The van der Waals surface area contributed by atoms with Crippen LogP contribution in [0.4, 0.5) is 4.39 Å². The molecule has 0 aliphatic carbocycles. The first-order valence-electron chi connectivity index (χ1n) is 11.0. The third kappa shape index (κ3) is 5.76. The maximum absolute atomic E-state index is 14.1. The summed E-state index contributed by atoms with van der Waals surface area (Å²) in [6.07, 6.45) is 7.65. The zero-order valence-corrected chi connectivity index (χ0v) is 19.4. The van der Waals surface area contributed by atoms with Crippen LogP contribution in [0, 0.1) is 5.82 Å². The van der Waals surface area contributed by atoms with E-state index in [9.17, 15) is 4.39 Å². The lowest BCUT2D eigenvalue weighted by atomic mass is 9.87. The van der Waals surface area contributed by atoms with Crippen molar-refractivity contribution in [1.29, 1.82) is 0 Å². The van der Waals surface area contributed by atoms with Gasteiger partial charge in [0.1, 0.15) is 5.82 Å². The van der Waals surface area contributed by atoms with Gasteiger partial charge < -0.3 is 9.47 Å². The molecule has 1 unspecified atom stereocenters. The van der Waals surface area contributed by atoms with Crippen molar-refractivity contribution in [2.45, 2.75) is 46.1 Å². The fourth-order valence-corrected chi connectivity index (χ4v) is 4.23. The molecule has 166 valence electrons. The number of allylic oxidation sites excluding steroid dienone is 3. The summed E-state index contributed by atoms with van der Waals surface area (Å²) in [5.74, 6) is 1.24. The van der Waals surface area contributed by atoms with Gasteiger partial charge in [0, 0.05) is 13.1 Å². The van der Waals surface area contributed by atoms with Crippen molar-refractivity contribution in [2.24, 2.45) is 0 Å². The molecule has 0 saturated carbocycles. The number of fused-ring (bicyclic) bond motifs is 1. The summed E-state index contributed by atoms with van der Waals surface area (Å²) in [7, 11) is 3.31. The summed E-state index contributed by atoms with van der Waals surface area (Å²) >= 11 is 0. The molecule has 1 atom stereocenters. The molecule has 0 saturated heterocycles. The van der Waals surface area contributed by atoms with E-state index < -0.39 is 0 Å². The highest BCUT2D eigenvalue weighted by Gasteiger charge is 2.30.